The first kappa shape index (κ1) is 21.5. The Labute approximate surface area is 159 Å². The first-order valence-electron chi connectivity index (χ1n) is 9.26. The van der Waals surface area contributed by atoms with E-state index in [0.29, 0.717) is 45.9 Å². The van der Waals surface area contributed by atoms with Crippen LogP contribution in [-0.4, -0.2) is 67.8 Å². The highest BCUT2D eigenvalue weighted by Gasteiger charge is 2.41. The Hall–Kier alpha value is -1.80. The van der Waals surface area contributed by atoms with E-state index in [2.05, 4.69) is 5.32 Å². The predicted octanol–water partition coefficient (Wildman–Crippen LogP) is 2.87. The Kier molecular flexibility index (Phi) is 7.91. The van der Waals surface area contributed by atoms with E-state index in [1.807, 2.05) is 36.1 Å². The highest BCUT2D eigenvalue weighted by atomic mass is 19.4. The molecule has 0 amide bonds. The van der Waals surface area contributed by atoms with Crippen LogP contribution >= 0.6 is 0 Å². The molecule has 0 aliphatic carbocycles. The number of benzene rings is 1. The highest BCUT2D eigenvalue weighted by Crippen LogP contribution is 2.25. The van der Waals surface area contributed by atoms with Crippen LogP contribution in [0.25, 0.3) is 0 Å². The molecular formula is C19H29F3N4O. The maximum Gasteiger partial charge on any atom is 0.403 e. The smallest absolute Gasteiger partial charge is 0.380 e. The summed E-state index contributed by atoms with van der Waals surface area (Å²) in [5, 5.41) is 3.25. The Bertz CT molecular complexity index is 613. The van der Waals surface area contributed by atoms with Crippen molar-refractivity contribution in [1.29, 1.82) is 0 Å². The van der Waals surface area contributed by atoms with Crippen LogP contribution in [0.4, 0.5) is 13.2 Å². The first-order chi connectivity index (χ1) is 12.9. The summed E-state index contributed by atoms with van der Waals surface area (Å²) in [4.78, 5) is 8.21. The van der Waals surface area contributed by atoms with Gasteiger partial charge in [0.1, 0.15) is 6.04 Å². The van der Waals surface area contributed by atoms with Crippen molar-refractivity contribution in [3.63, 3.8) is 0 Å². The van der Waals surface area contributed by atoms with Gasteiger partial charge in [0.2, 0.25) is 0 Å². The summed E-state index contributed by atoms with van der Waals surface area (Å²) in [5.41, 5.74) is 2.17. The van der Waals surface area contributed by atoms with Gasteiger partial charge in [0, 0.05) is 39.8 Å². The molecule has 1 aliphatic heterocycles. The van der Waals surface area contributed by atoms with E-state index in [1.165, 1.54) is 11.8 Å². The fraction of sp³-hybridized carbons (Fsp3) is 0.632. The van der Waals surface area contributed by atoms with E-state index in [-0.39, 0.29) is 0 Å². The largest absolute Gasteiger partial charge is 0.403 e. The van der Waals surface area contributed by atoms with Gasteiger partial charge in [-0.15, -0.1) is 0 Å². The third-order valence-corrected chi connectivity index (χ3v) is 4.79. The monoisotopic (exact) mass is 386 g/mol. The van der Waals surface area contributed by atoms with Crippen LogP contribution < -0.4 is 5.32 Å². The Morgan fingerprint density at radius 1 is 1.19 bits per heavy atom. The van der Waals surface area contributed by atoms with E-state index in [1.54, 1.807) is 7.11 Å². The van der Waals surface area contributed by atoms with Gasteiger partial charge in [-0.2, -0.15) is 13.2 Å². The summed E-state index contributed by atoms with van der Waals surface area (Å²) >= 11 is 0. The van der Waals surface area contributed by atoms with Gasteiger partial charge in [0.25, 0.3) is 0 Å². The van der Waals surface area contributed by atoms with Crippen LogP contribution in [-0.2, 0) is 17.9 Å². The number of methoxy groups -OCH3 is 1. The molecule has 0 spiro atoms. The van der Waals surface area contributed by atoms with E-state index in [9.17, 15) is 13.2 Å². The first-order valence-corrected chi connectivity index (χ1v) is 9.26. The minimum atomic E-state index is -4.19. The minimum Gasteiger partial charge on any atom is -0.380 e. The average molecular weight is 386 g/mol. The molecule has 1 aromatic rings. The van der Waals surface area contributed by atoms with Crippen molar-refractivity contribution in [2.24, 2.45) is 4.99 Å². The zero-order valence-electron chi connectivity index (χ0n) is 16.2. The molecule has 1 heterocycles. The Balaban J connectivity index is 2.03. The molecule has 5 nitrogen and oxygen atoms in total. The summed E-state index contributed by atoms with van der Waals surface area (Å²) in [7, 11) is 1.66. The molecule has 1 unspecified atom stereocenters. The zero-order valence-corrected chi connectivity index (χ0v) is 16.2. The van der Waals surface area contributed by atoms with Crippen molar-refractivity contribution >= 4 is 5.96 Å². The topological polar surface area (TPSA) is 40.1 Å². The maximum absolute atomic E-state index is 12.9. The molecule has 0 radical (unpaired) electrons. The summed E-state index contributed by atoms with van der Waals surface area (Å²) in [6, 6.07) is 6.55. The van der Waals surface area contributed by atoms with Gasteiger partial charge in [-0.05, 0) is 25.0 Å². The number of hydrogen-bond acceptors (Lipinski definition) is 3. The van der Waals surface area contributed by atoms with Gasteiger partial charge in [0.15, 0.2) is 5.96 Å². The van der Waals surface area contributed by atoms with Gasteiger partial charge in [-0.25, -0.2) is 4.99 Å². The van der Waals surface area contributed by atoms with Crippen LogP contribution in [0.1, 0.15) is 25.0 Å². The zero-order chi connectivity index (χ0) is 19.9. The number of rotatable bonds is 6. The molecular weight excluding hydrogens is 357 g/mol. The number of nitrogens with zero attached hydrogens (tertiary/aromatic N) is 3. The maximum atomic E-state index is 12.9. The number of alkyl halides is 3. The van der Waals surface area contributed by atoms with Crippen molar-refractivity contribution in [3.8, 4) is 0 Å². The van der Waals surface area contributed by atoms with Crippen LogP contribution in [0.5, 0.6) is 0 Å². The van der Waals surface area contributed by atoms with Crippen LogP contribution in [0.15, 0.2) is 29.3 Å². The van der Waals surface area contributed by atoms with Crippen LogP contribution in [0, 0.1) is 0 Å². The summed E-state index contributed by atoms with van der Waals surface area (Å²) in [5.74, 6) is 0.740. The van der Waals surface area contributed by atoms with Crippen LogP contribution in [0.3, 0.4) is 0 Å². The number of hydrogen-bond donors (Lipinski definition) is 1. The molecule has 1 N–H and O–H groups in total. The fourth-order valence-corrected chi connectivity index (χ4v) is 3.12. The number of aliphatic imine (C=N–C) groups is 1. The van der Waals surface area contributed by atoms with Crippen molar-refractivity contribution in [1.82, 2.24) is 15.1 Å². The minimum absolute atomic E-state index is 0.366. The van der Waals surface area contributed by atoms with Gasteiger partial charge in [-0.1, -0.05) is 24.3 Å². The number of guanidine groups is 1. The molecule has 1 aromatic carbocycles. The van der Waals surface area contributed by atoms with E-state index >= 15 is 0 Å². The number of halogens is 3. The number of piperazine rings is 1. The second-order valence-electron chi connectivity index (χ2n) is 6.61. The lowest BCUT2D eigenvalue weighted by molar-refractivity contribution is -0.181. The van der Waals surface area contributed by atoms with E-state index in [0.717, 1.165) is 17.1 Å². The second-order valence-corrected chi connectivity index (χ2v) is 6.61. The van der Waals surface area contributed by atoms with Gasteiger partial charge in [0.05, 0.1) is 13.2 Å². The van der Waals surface area contributed by atoms with Gasteiger partial charge >= 0.3 is 6.18 Å². The molecule has 1 fully saturated rings. The molecule has 0 saturated carbocycles. The lowest BCUT2D eigenvalue weighted by Crippen LogP contribution is -2.56. The Morgan fingerprint density at radius 2 is 1.81 bits per heavy atom. The van der Waals surface area contributed by atoms with E-state index < -0.39 is 12.2 Å². The standard InChI is InChI=1S/C19H29F3N4O/c1-4-23-18(24-13-16-7-5-6-8-17(16)14-27-3)26-11-9-25(10-12-26)15(2)19(20,21)22/h5-8,15H,4,9-14H2,1-3H3,(H,23,24). The SMILES string of the molecule is CCNC(=NCc1ccccc1COC)N1CCN(C(C)C(F)(F)F)CC1. The Morgan fingerprint density at radius 3 is 2.37 bits per heavy atom. The summed E-state index contributed by atoms with van der Waals surface area (Å²) in [6.07, 6.45) is -4.19. The summed E-state index contributed by atoms with van der Waals surface area (Å²) in [6.45, 7) is 6.71. The average Bonchev–Trinajstić information content (AvgIpc) is 2.65. The van der Waals surface area contributed by atoms with E-state index in [4.69, 9.17) is 9.73 Å². The number of nitrogens with one attached hydrogen (secondary N) is 1. The summed E-state index contributed by atoms with van der Waals surface area (Å²) < 4.78 is 44.0. The normalized spacial score (nSPS) is 17.9. The second kappa shape index (κ2) is 9.94. The molecule has 0 bridgehead atoms. The molecule has 0 aromatic heterocycles. The van der Waals surface area contributed by atoms with Crippen molar-refractivity contribution in [3.05, 3.63) is 35.4 Å². The highest BCUT2D eigenvalue weighted by molar-refractivity contribution is 5.80. The molecule has 1 saturated heterocycles. The molecule has 27 heavy (non-hydrogen) atoms. The van der Waals surface area contributed by atoms with Crippen LogP contribution in [0.2, 0.25) is 0 Å². The van der Waals surface area contributed by atoms with Crippen molar-refractivity contribution < 1.29 is 17.9 Å². The molecule has 8 heteroatoms. The van der Waals surface area contributed by atoms with Crippen molar-refractivity contribution in [2.45, 2.75) is 39.2 Å². The fourth-order valence-electron chi connectivity index (χ4n) is 3.12. The molecule has 152 valence electrons. The lowest BCUT2D eigenvalue weighted by atomic mass is 10.1. The lowest BCUT2D eigenvalue weighted by Gasteiger charge is -2.39. The quantitative estimate of drug-likeness (QED) is 0.603. The number of ether oxygens (including phenoxy) is 1. The van der Waals surface area contributed by atoms with Crippen molar-refractivity contribution in [2.75, 3.05) is 39.8 Å². The third kappa shape index (κ3) is 6.10. The van der Waals surface area contributed by atoms with Gasteiger partial charge < -0.3 is 15.0 Å². The molecule has 1 atom stereocenters. The van der Waals surface area contributed by atoms with Gasteiger partial charge in [-0.3, -0.25) is 4.90 Å². The predicted molar refractivity (Wildman–Crippen MR) is 101 cm³/mol. The molecule has 1 aliphatic rings. The molecule has 2 rings (SSSR count). The third-order valence-electron chi connectivity index (χ3n) is 4.79.